The summed E-state index contributed by atoms with van der Waals surface area (Å²) in [5.74, 6) is 0.528. The van der Waals surface area contributed by atoms with Gasteiger partial charge >= 0.3 is 0 Å². The van der Waals surface area contributed by atoms with Gasteiger partial charge in [-0.2, -0.15) is 0 Å². The van der Waals surface area contributed by atoms with E-state index in [0.29, 0.717) is 4.47 Å². The second-order valence-corrected chi connectivity index (χ2v) is 5.84. The maximum atomic E-state index is 13.4. The Morgan fingerprint density at radius 2 is 2.12 bits per heavy atom. The molecule has 2 nitrogen and oxygen atoms in total. The Balaban J connectivity index is 1.96. The van der Waals surface area contributed by atoms with Crippen LogP contribution in [0, 0.1) is 11.7 Å². The molecule has 16 heavy (non-hydrogen) atoms. The molecule has 4 heteroatoms. The molecule has 0 aromatic heterocycles. The minimum atomic E-state index is -0.219. The number of anilines is 2. The second-order valence-electron chi connectivity index (χ2n) is 4.98. The first-order valence-corrected chi connectivity index (χ1v) is 6.39. The first-order valence-electron chi connectivity index (χ1n) is 5.59. The number of rotatable bonds is 1. The Morgan fingerprint density at radius 1 is 1.38 bits per heavy atom. The van der Waals surface area contributed by atoms with Crippen molar-refractivity contribution >= 4 is 27.3 Å². The largest absolute Gasteiger partial charge is 0.381 e. The molecule has 0 saturated heterocycles. The molecule has 1 aliphatic heterocycles. The van der Waals surface area contributed by atoms with Crippen molar-refractivity contribution in [2.75, 3.05) is 17.2 Å². The molecule has 2 aliphatic rings. The molecule has 0 bridgehead atoms. The molecule has 1 unspecified atom stereocenters. The van der Waals surface area contributed by atoms with Gasteiger partial charge in [0.15, 0.2) is 0 Å². The van der Waals surface area contributed by atoms with E-state index in [0.717, 1.165) is 23.8 Å². The summed E-state index contributed by atoms with van der Waals surface area (Å²) in [5.41, 5.74) is 1.97. The quantitative estimate of drug-likeness (QED) is 0.824. The van der Waals surface area contributed by atoms with Crippen molar-refractivity contribution in [2.24, 2.45) is 5.92 Å². The molecule has 1 aliphatic carbocycles. The van der Waals surface area contributed by atoms with E-state index in [1.807, 2.05) is 6.07 Å². The van der Waals surface area contributed by atoms with Gasteiger partial charge in [0.05, 0.1) is 21.4 Å². The molecular formula is C12H14BrFN2. The van der Waals surface area contributed by atoms with Crippen LogP contribution in [0.3, 0.4) is 0 Å². The standard InChI is InChI=1S/C12H14BrFN2/c1-12(7-2-3-7)6-15-10-5-9(14)8(13)4-11(10)16-12/h4-5,7,15-16H,2-3,6H2,1H3. The molecule has 1 heterocycles. The van der Waals surface area contributed by atoms with Gasteiger partial charge in [-0.3, -0.25) is 0 Å². The first kappa shape index (κ1) is 10.4. The van der Waals surface area contributed by atoms with E-state index in [-0.39, 0.29) is 11.4 Å². The lowest BCUT2D eigenvalue weighted by Gasteiger charge is -2.38. The van der Waals surface area contributed by atoms with Gasteiger partial charge in [-0.05, 0) is 47.7 Å². The smallest absolute Gasteiger partial charge is 0.139 e. The van der Waals surface area contributed by atoms with E-state index >= 15 is 0 Å². The van der Waals surface area contributed by atoms with Gasteiger partial charge in [-0.15, -0.1) is 0 Å². The summed E-state index contributed by atoms with van der Waals surface area (Å²) >= 11 is 3.22. The van der Waals surface area contributed by atoms with Crippen LogP contribution in [0.25, 0.3) is 0 Å². The highest BCUT2D eigenvalue weighted by molar-refractivity contribution is 9.10. The number of hydrogen-bond acceptors (Lipinski definition) is 2. The molecule has 86 valence electrons. The number of fused-ring (bicyclic) bond motifs is 1. The molecule has 0 amide bonds. The Morgan fingerprint density at radius 3 is 2.81 bits per heavy atom. The third-order valence-corrected chi connectivity index (χ3v) is 4.21. The Labute approximate surface area is 103 Å². The molecule has 1 aromatic carbocycles. The van der Waals surface area contributed by atoms with E-state index in [1.165, 1.54) is 12.8 Å². The third kappa shape index (κ3) is 1.59. The minimum Gasteiger partial charge on any atom is -0.381 e. The van der Waals surface area contributed by atoms with E-state index < -0.39 is 0 Å². The van der Waals surface area contributed by atoms with Gasteiger partial charge in [0.1, 0.15) is 5.82 Å². The number of hydrogen-bond donors (Lipinski definition) is 2. The van der Waals surface area contributed by atoms with Gasteiger partial charge in [-0.1, -0.05) is 0 Å². The molecule has 0 radical (unpaired) electrons. The first-order chi connectivity index (χ1) is 7.58. The van der Waals surface area contributed by atoms with Crippen LogP contribution in [-0.2, 0) is 0 Å². The summed E-state index contributed by atoms with van der Waals surface area (Å²) in [5, 5.41) is 6.86. The van der Waals surface area contributed by atoms with Crippen molar-refractivity contribution in [1.82, 2.24) is 0 Å². The minimum absolute atomic E-state index is 0.115. The van der Waals surface area contributed by atoms with Crippen LogP contribution in [0.2, 0.25) is 0 Å². The van der Waals surface area contributed by atoms with Crippen LogP contribution < -0.4 is 10.6 Å². The highest BCUT2D eigenvalue weighted by Crippen LogP contribution is 2.45. The maximum Gasteiger partial charge on any atom is 0.139 e. The van der Waals surface area contributed by atoms with Gasteiger partial charge in [-0.25, -0.2) is 4.39 Å². The van der Waals surface area contributed by atoms with E-state index in [2.05, 4.69) is 33.5 Å². The summed E-state index contributed by atoms with van der Waals surface area (Å²) in [6.07, 6.45) is 2.59. The summed E-state index contributed by atoms with van der Waals surface area (Å²) in [4.78, 5) is 0. The number of halogens is 2. The molecule has 0 spiro atoms. The van der Waals surface area contributed by atoms with Gasteiger partial charge < -0.3 is 10.6 Å². The summed E-state index contributed by atoms with van der Waals surface area (Å²) < 4.78 is 13.9. The predicted molar refractivity (Wildman–Crippen MR) is 67.3 cm³/mol. The summed E-state index contributed by atoms with van der Waals surface area (Å²) in [7, 11) is 0. The zero-order valence-electron chi connectivity index (χ0n) is 9.11. The predicted octanol–water partition coefficient (Wildman–Crippen LogP) is 3.59. The Hall–Kier alpha value is -0.770. The van der Waals surface area contributed by atoms with Gasteiger partial charge in [0.2, 0.25) is 0 Å². The van der Waals surface area contributed by atoms with Crippen molar-refractivity contribution in [3.05, 3.63) is 22.4 Å². The van der Waals surface area contributed by atoms with Crippen LogP contribution in [-0.4, -0.2) is 12.1 Å². The zero-order chi connectivity index (χ0) is 11.3. The lowest BCUT2D eigenvalue weighted by Crippen LogP contribution is -2.47. The van der Waals surface area contributed by atoms with Crippen LogP contribution in [0.4, 0.5) is 15.8 Å². The summed E-state index contributed by atoms with van der Waals surface area (Å²) in [6.45, 7) is 3.10. The molecular weight excluding hydrogens is 271 g/mol. The number of nitrogens with one attached hydrogen (secondary N) is 2. The second kappa shape index (κ2) is 3.36. The van der Waals surface area contributed by atoms with Crippen LogP contribution >= 0.6 is 15.9 Å². The lowest BCUT2D eigenvalue weighted by atomic mass is 9.92. The Bertz CT molecular complexity index is 445. The highest BCUT2D eigenvalue weighted by atomic mass is 79.9. The van der Waals surface area contributed by atoms with Crippen molar-refractivity contribution in [2.45, 2.75) is 25.3 Å². The fourth-order valence-electron chi connectivity index (χ4n) is 2.39. The van der Waals surface area contributed by atoms with Gasteiger partial charge in [0, 0.05) is 12.6 Å². The van der Waals surface area contributed by atoms with E-state index in [9.17, 15) is 4.39 Å². The fourth-order valence-corrected chi connectivity index (χ4v) is 2.74. The molecule has 1 saturated carbocycles. The number of benzene rings is 1. The highest BCUT2D eigenvalue weighted by Gasteiger charge is 2.43. The van der Waals surface area contributed by atoms with Crippen molar-refractivity contribution in [3.8, 4) is 0 Å². The zero-order valence-corrected chi connectivity index (χ0v) is 10.7. The molecule has 1 atom stereocenters. The molecule has 2 N–H and O–H groups in total. The van der Waals surface area contributed by atoms with Crippen molar-refractivity contribution in [1.29, 1.82) is 0 Å². The van der Waals surface area contributed by atoms with Gasteiger partial charge in [0.25, 0.3) is 0 Å². The van der Waals surface area contributed by atoms with Crippen molar-refractivity contribution in [3.63, 3.8) is 0 Å². The van der Waals surface area contributed by atoms with E-state index in [4.69, 9.17) is 0 Å². The van der Waals surface area contributed by atoms with Crippen molar-refractivity contribution < 1.29 is 4.39 Å². The average Bonchev–Trinajstić information content (AvgIpc) is 3.04. The molecule has 3 rings (SSSR count). The van der Waals surface area contributed by atoms with Crippen LogP contribution in [0.1, 0.15) is 19.8 Å². The normalized spacial score (nSPS) is 27.9. The van der Waals surface area contributed by atoms with E-state index in [1.54, 1.807) is 6.07 Å². The third-order valence-electron chi connectivity index (χ3n) is 3.61. The average molecular weight is 285 g/mol. The fraction of sp³-hybridized carbons (Fsp3) is 0.500. The SMILES string of the molecule is CC1(C2CC2)CNc2cc(F)c(Br)cc2N1. The monoisotopic (exact) mass is 284 g/mol. The Kier molecular flexibility index (Phi) is 2.18. The topological polar surface area (TPSA) is 24.1 Å². The maximum absolute atomic E-state index is 13.4. The molecule has 1 fully saturated rings. The lowest BCUT2D eigenvalue weighted by molar-refractivity contribution is 0.465. The summed E-state index contributed by atoms with van der Waals surface area (Å²) in [6, 6.07) is 3.36. The van der Waals surface area contributed by atoms with Crippen LogP contribution in [0.15, 0.2) is 16.6 Å². The molecule has 1 aromatic rings. The van der Waals surface area contributed by atoms with Crippen LogP contribution in [0.5, 0.6) is 0 Å².